The molecule has 0 radical (unpaired) electrons. The number of halogens is 2. The molecule has 1 aromatic carbocycles. The van der Waals surface area contributed by atoms with Gasteiger partial charge < -0.3 is 4.74 Å². The van der Waals surface area contributed by atoms with Crippen LogP contribution in [0.4, 0.5) is 8.78 Å². The number of rotatable bonds is 2. The van der Waals surface area contributed by atoms with E-state index in [1.54, 1.807) is 12.1 Å². The van der Waals surface area contributed by atoms with Gasteiger partial charge in [-0.3, -0.25) is 0 Å². The molecule has 0 aliphatic rings. The smallest absolute Gasteiger partial charge is 0.389 e. The van der Waals surface area contributed by atoms with Gasteiger partial charge in [0, 0.05) is 0 Å². The molecular formula is C9H8F2O2. The molecular weight excluding hydrogens is 178 g/mol. The molecule has 0 atom stereocenters. The molecule has 0 unspecified atom stereocenters. The van der Waals surface area contributed by atoms with E-state index in [9.17, 15) is 13.6 Å². The SMILES string of the molecule is Cc1ccc(C(=O)OC(F)F)cc1. The topological polar surface area (TPSA) is 26.3 Å². The summed E-state index contributed by atoms with van der Waals surface area (Å²) in [5.74, 6) is -1.00. The number of carbonyl (C=O) groups is 1. The lowest BCUT2D eigenvalue weighted by Gasteiger charge is -2.02. The fourth-order valence-corrected chi connectivity index (χ4v) is 0.839. The molecule has 0 spiro atoms. The quantitative estimate of drug-likeness (QED) is 0.663. The molecule has 0 aliphatic heterocycles. The highest BCUT2D eigenvalue weighted by molar-refractivity contribution is 5.89. The van der Waals surface area contributed by atoms with Gasteiger partial charge in [0.25, 0.3) is 0 Å². The summed E-state index contributed by atoms with van der Waals surface area (Å²) in [7, 11) is 0. The number of aryl methyl sites for hydroxylation is 1. The van der Waals surface area contributed by atoms with E-state index in [1.165, 1.54) is 12.1 Å². The van der Waals surface area contributed by atoms with Gasteiger partial charge in [-0.05, 0) is 19.1 Å². The third-order valence-corrected chi connectivity index (χ3v) is 1.48. The van der Waals surface area contributed by atoms with Crippen LogP contribution in [0.25, 0.3) is 0 Å². The Labute approximate surface area is 74.1 Å². The van der Waals surface area contributed by atoms with Crippen LogP contribution in [0.5, 0.6) is 0 Å². The average molecular weight is 186 g/mol. The zero-order valence-electron chi connectivity index (χ0n) is 6.96. The van der Waals surface area contributed by atoms with Crippen LogP contribution in [-0.2, 0) is 4.74 Å². The van der Waals surface area contributed by atoms with E-state index in [0.717, 1.165) is 5.56 Å². The first-order chi connectivity index (χ1) is 6.09. The minimum Gasteiger partial charge on any atom is -0.399 e. The van der Waals surface area contributed by atoms with Crippen molar-refractivity contribution >= 4 is 5.97 Å². The first kappa shape index (κ1) is 9.64. The van der Waals surface area contributed by atoms with Crippen LogP contribution in [0.2, 0.25) is 0 Å². The van der Waals surface area contributed by atoms with Crippen molar-refractivity contribution in [1.82, 2.24) is 0 Å². The average Bonchev–Trinajstić information content (AvgIpc) is 2.04. The second-order valence-electron chi connectivity index (χ2n) is 2.53. The Hall–Kier alpha value is -1.45. The van der Waals surface area contributed by atoms with Crippen LogP contribution in [-0.4, -0.2) is 12.6 Å². The minimum absolute atomic E-state index is 0.130. The predicted molar refractivity (Wildman–Crippen MR) is 42.6 cm³/mol. The molecule has 0 saturated carbocycles. The van der Waals surface area contributed by atoms with E-state index >= 15 is 0 Å². The van der Waals surface area contributed by atoms with Gasteiger partial charge in [-0.25, -0.2) is 4.79 Å². The molecule has 0 saturated heterocycles. The van der Waals surface area contributed by atoms with E-state index in [2.05, 4.69) is 4.74 Å². The van der Waals surface area contributed by atoms with Gasteiger partial charge in [0.1, 0.15) is 0 Å². The Kier molecular flexibility index (Phi) is 2.95. The van der Waals surface area contributed by atoms with Crippen molar-refractivity contribution in [1.29, 1.82) is 0 Å². The Morgan fingerprint density at radius 3 is 2.31 bits per heavy atom. The van der Waals surface area contributed by atoms with Crippen molar-refractivity contribution < 1.29 is 18.3 Å². The lowest BCUT2D eigenvalue weighted by Crippen LogP contribution is -2.09. The van der Waals surface area contributed by atoms with Crippen LogP contribution in [0.15, 0.2) is 24.3 Å². The molecule has 13 heavy (non-hydrogen) atoms. The highest BCUT2D eigenvalue weighted by atomic mass is 19.3. The van der Waals surface area contributed by atoms with Gasteiger partial charge in [-0.2, -0.15) is 8.78 Å². The number of alkyl halides is 2. The number of carbonyl (C=O) groups excluding carboxylic acids is 1. The second-order valence-corrected chi connectivity index (χ2v) is 2.53. The molecule has 0 aliphatic carbocycles. The number of esters is 1. The summed E-state index contributed by atoms with van der Waals surface area (Å²) in [6.07, 6.45) is 0. The molecule has 2 nitrogen and oxygen atoms in total. The second kappa shape index (κ2) is 3.98. The van der Waals surface area contributed by atoms with Crippen molar-refractivity contribution in [3.8, 4) is 0 Å². The number of benzene rings is 1. The van der Waals surface area contributed by atoms with Crippen LogP contribution in [0.1, 0.15) is 15.9 Å². The molecule has 0 aromatic heterocycles. The molecule has 0 heterocycles. The van der Waals surface area contributed by atoms with Gasteiger partial charge in [-0.1, -0.05) is 17.7 Å². The van der Waals surface area contributed by atoms with Crippen molar-refractivity contribution in [3.63, 3.8) is 0 Å². The summed E-state index contributed by atoms with van der Waals surface area (Å²) >= 11 is 0. The summed E-state index contributed by atoms with van der Waals surface area (Å²) in [6.45, 7) is -1.23. The summed E-state index contributed by atoms with van der Waals surface area (Å²) in [6, 6.07) is 6.20. The lowest BCUT2D eigenvalue weighted by molar-refractivity contribution is -0.0906. The third-order valence-electron chi connectivity index (χ3n) is 1.48. The van der Waals surface area contributed by atoms with Gasteiger partial charge in [0.2, 0.25) is 0 Å². The molecule has 0 bridgehead atoms. The zero-order valence-corrected chi connectivity index (χ0v) is 6.96. The Bertz CT molecular complexity index is 293. The number of ether oxygens (including phenoxy) is 1. The summed E-state index contributed by atoms with van der Waals surface area (Å²) < 4.78 is 26.9. The molecule has 4 heteroatoms. The van der Waals surface area contributed by atoms with E-state index in [0.29, 0.717) is 0 Å². The van der Waals surface area contributed by atoms with Crippen LogP contribution >= 0.6 is 0 Å². The Morgan fingerprint density at radius 1 is 1.31 bits per heavy atom. The maximum Gasteiger partial charge on any atom is 0.389 e. The van der Waals surface area contributed by atoms with E-state index in [4.69, 9.17) is 0 Å². The first-order valence-electron chi connectivity index (χ1n) is 3.65. The monoisotopic (exact) mass is 186 g/mol. The first-order valence-corrected chi connectivity index (χ1v) is 3.65. The summed E-state index contributed by atoms with van der Waals surface area (Å²) in [5, 5.41) is 0. The maximum atomic E-state index is 11.6. The Morgan fingerprint density at radius 2 is 1.85 bits per heavy atom. The summed E-state index contributed by atoms with van der Waals surface area (Å²) in [4.78, 5) is 10.9. The maximum absolute atomic E-state index is 11.6. The zero-order chi connectivity index (χ0) is 9.84. The standard InChI is InChI=1S/C9H8F2O2/c1-6-2-4-7(5-3-6)8(12)13-9(10)11/h2-5,9H,1H3. The molecule has 0 N–H and O–H groups in total. The molecule has 1 rings (SSSR count). The minimum atomic E-state index is -3.06. The largest absolute Gasteiger partial charge is 0.399 e. The van der Waals surface area contributed by atoms with Gasteiger partial charge >= 0.3 is 12.6 Å². The fourth-order valence-electron chi connectivity index (χ4n) is 0.839. The van der Waals surface area contributed by atoms with Gasteiger partial charge in [-0.15, -0.1) is 0 Å². The summed E-state index contributed by atoms with van der Waals surface area (Å²) in [5.41, 5.74) is 1.08. The van der Waals surface area contributed by atoms with Crippen molar-refractivity contribution in [3.05, 3.63) is 35.4 Å². The lowest BCUT2D eigenvalue weighted by atomic mass is 10.2. The van der Waals surface area contributed by atoms with Gasteiger partial charge in [0.05, 0.1) is 5.56 Å². The van der Waals surface area contributed by atoms with E-state index < -0.39 is 12.6 Å². The third kappa shape index (κ3) is 2.82. The number of hydrogen-bond acceptors (Lipinski definition) is 2. The van der Waals surface area contributed by atoms with Crippen LogP contribution < -0.4 is 0 Å². The van der Waals surface area contributed by atoms with Crippen molar-refractivity contribution in [2.24, 2.45) is 0 Å². The predicted octanol–water partition coefficient (Wildman–Crippen LogP) is 2.37. The van der Waals surface area contributed by atoms with Crippen LogP contribution in [0, 0.1) is 6.92 Å². The molecule has 0 fully saturated rings. The normalized spacial score (nSPS) is 10.2. The van der Waals surface area contributed by atoms with E-state index in [1.807, 2.05) is 6.92 Å². The highest BCUT2D eigenvalue weighted by Gasteiger charge is 2.12. The molecule has 0 amide bonds. The highest BCUT2D eigenvalue weighted by Crippen LogP contribution is 2.07. The van der Waals surface area contributed by atoms with Crippen molar-refractivity contribution in [2.45, 2.75) is 13.5 Å². The van der Waals surface area contributed by atoms with Gasteiger partial charge in [0.15, 0.2) is 0 Å². The van der Waals surface area contributed by atoms with Crippen LogP contribution in [0.3, 0.4) is 0 Å². The van der Waals surface area contributed by atoms with Crippen molar-refractivity contribution in [2.75, 3.05) is 0 Å². The van der Waals surface area contributed by atoms with E-state index in [-0.39, 0.29) is 5.56 Å². The molecule has 1 aromatic rings. The number of hydrogen-bond donors (Lipinski definition) is 0. The molecule has 70 valence electrons. The Balaban J connectivity index is 2.72. The fraction of sp³-hybridized carbons (Fsp3) is 0.222.